The summed E-state index contributed by atoms with van der Waals surface area (Å²) >= 11 is 0. The standard InChI is InChI=1S/C34H39F3O2/c1-3-5-6-7-8-9-21-38-32-20-18-29(33(36)34(32)37)26-14-12-25(13-15-26)28-17-16-27(22-30(28)35)31-19-11-24(10-4-2)23-39-31/h4,10,12-18,20,22,24,31H,3,5-9,11,19,21,23H2,1-2H3/b10-4+. The Hall–Kier alpha value is -3.05. The molecule has 1 fully saturated rings. The minimum atomic E-state index is -0.980. The van der Waals surface area contributed by atoms with Gasteiger partial charge in [0, 0.05) is 17.0 Å². The van der Waals surface area contributed by atoms with E-state index in [0.29, 0.717) is 35.8 Å². The highest BCUT2D eigenvalue weighted by Crippen LogP contribution is 2.35. The van der Waals surface area contributed by atoms with E-state index in [-0.39, 0.29) is 23.2 Å². The van der Waals surface area contributed by atoms with Crippen LogP contribution in [0.2, 0.25) is 0 Å². The zero-order chi connectivity index (χ0) is 27.6. The Balaban J connectivity index is 1.39. The summed E-state index contributed by atoms with van der Waals surface area (Å²) in [5.74, 6) is -1.90. The molecule has 1 aliphatic rings. The normalized spacial score (nSPS) is 17.6. The van der Waals surface area contributed by atoms with Gasteiger partial charge in [0.25, 0.3) is 0 Å². The molecule has 1 saturated heterocycles. The third-order valence-electron chi connectivity index (χ3n) is 7.45. The summed E-state index contributed by atoms with van der Waals surface area (Å²) in [6.07, 6.45) is 12.5. The molecule has 0 saturated carbocycles. The van der Waals surface area contributed by atoms with Crippen molar-refractivity contribution < 1.29 is 22.6 Å². The molecule has 0 radical (unpaired) electrons. The van der Waals surface area contributed by atoms with Crippen LogP contribution in [-0.2, 0) is 4.74 Å². The van der Waals surface area contributed by atoms with Crippen LogP contribution in [0.3, 0.4) is 0 Å². The second-order valence-electron chi connectivity index (χ2n) is 10.4. The summed E-state index contributed by atoms with van der Waals surface area (Å²) in [4.78, 5) is 0. The first-order valence-electron chi connectivity index (χ1n) is 14.3. The number of halogens is 3. The average molecular weight is 537 g/mol. The highest BCUT2D eigenvalue weighted by Gasteiger charge is 2.22. The van der Waals surface area contributed by atoms with Crippen molar-refractivity contribution >= 4 is 0 Å². The molecule has 39 heavy (non-hydrogen) atoms. The van der Waals surface area contributed by atoms with Crippen LogP contribution in [0.4, 0.5) is 13.2 Å². The zero-order valence-electron chi connectivity index (χ0n) is 23.0. The van der Waals surface area contributed by atoms with Crippen LogP contribution in [0, 0.1) is 23.4 Å². The minimum Gasteiger partial charge on any atom is -0.490 e. The molecule has 1 aliphatic heterocycles. The molecule has 5 heteroatoms. The number of allylic oxidation sites excluding steroid dienone is 1. The van der Waals surface area contributed by atoms with Crippen molar-refractivity contribution in [3.63, 3.8) is 0 Å². The molecule has 2 unspecified atom stereocenters. The van der Waals surface area contributed by atoms with E-state index in [1.54, 1.807) is 36.4 Å². The lowest BCUT2D eigenvalue weighted by atomic mass is 9.93. The topological polar surface area (TPSA) is 18.5 Å². The molecule has 4 rings (SSSR count). The van der Waals surface area contributed by atoms with Gasteiger partial charge in [-0.3, -0.25) is 0 Å². The van der Waals surface area contributed by atoms with Crippen LogP contribution >= 0.6 is 0 Å². The molecule has 0 bridgehead atoms. The van der Waals surface area contributed by atoms with Crippen molar-refractivity contribution in [1.29, 1.82) is 0 Å². The third-order valence-corrected chi connectivity index (χ3v) is 7.45. The average Bonchev–Trinajstić information content (AvgIpc) is 2.95. The van der Waals surface area contributed by atoms with Crippen molar-refractivity contribution in [3.05, 3.63) is 89.8 Å². The van der Waals surface area contributed by atoms with Gasteiger partial charge in [-0.25, -0.2) is 8.78 Å². The fourth-order valence-corrected chi connectivity index (χ4v) is 5.18. The molecule has 0 amide bonds. The maximum Gasteiger partial charge on any atom is 0.201 e. The number of rotatable bonds is 12. The molecule has 0 aliphatic carbocycles. The Labute approximate surface area is 230 Å². The summed E-state index contributed by atoms with van der Waals surface area (Å²) in [5, 5.41) is 0. The molecule has 2 atom stereocenters. The minimum absolute atomic E-state index is 0.0668. The highest BCUT2D eigenvalue weighted by molar-refractivity contribution is 5.71. The van der Waals surface area contributed by atoms with E-state index in [0.717, 1.165) is 37.7 Å². The van der Waals surface area contributed by atoms with Crippen molar-refractivity contribution in [2.24, 2.45) is 5.92 Å². The molecule has 208 valence electrons. The van der Waals surface area contributed by atoms with Gasteiger partial charge in [-0.05, 0) is 61.1 Å². The van der Waals surface area contributed by atoms with Gasteiger partial charge >= 0.3 is 0 Å². The number of hydrogen-bond donors (Lipinski definition) is 0. The van der Waals surface area contributed by atoms with E-state index in [9.17, 15) is 8.78 Å². The summed E-state index contributed by atoms with van der Waals surface area (Å²) in [6.45, 7) is 5.18. The van der Waals surface area contributed by atoms with E-state index in [4.69, 9.17) is 9.47 Å². The van der Waals surface area contributed by atoms with Gasteiger partial charge in [-0.2, -0.15) is 4.39 Å². The Morgan fingerprint density at radius 1 is 0.821 bits per heavy atom. The molecule has 2 nitrogen and oxygen atoms in total. The first kappa shape index (κ1) is 28.9. The quantitative estimate of drug-likeness (QED) is 0.169. The van der Waals surface area contributed by atoms with Crippen molar-refractivity contribution in [1.82, 2.24) is 0 Å². The smallest absolute Gasteiger partial charge is 0.201 e. The zero-order valence-corrected chi connectivity index (χ0v) is 23.0. The van der Waals surface area contributed by atoms with E-state index in [1.165, 1.54) is 31.4 Å². The van der Waals surface area contributed by atoms with Gasteiger partial charge in [-0.15, -0.1) is 0 Å². The molecule has 0 spiro atoms. The molecule has 0 N–H and O–H groups in total. The second kappa shape index (κ2) is 14.4. The highest BCUT2D eigenvalue weighted by atomic mass is 19.2. The largest absolute Gasteiger partial charge is 0.490 e. The SMILES string of the molecule is C/C=C/C1CCC(c2ccc(-c3ccc(-c4ccc(OCCCCCCCC)c(F)c4F)cc3)c(F)c2)OC1. The number of benzene rings is 3. The Kier molecular flexibility index (Phi) is 10.7. The summed E-state index contributed by atoms with van der Waals surface area (Å²) in [7, 11) is 0. The van der Waals surface area contributed by atoms with Crippen LogP contribution in [0.1, 0.15) is 76.9 Å². The molecule has 3 aromatic carbocycles. The monoisotopic (exact) mass is 536 g/mol. The fraction of sp³-hybridized carbons (Fsp3) is 0.412. The molecule has 1 heterocycles. The number of unbranched alkanes of at least 4 members (excludes halogenated alkanes) is 5. The third kappa shape index (κ3) is 7.54. The fourth-order valence-electron chi connectivity index (χ4n) is 5.18. The Morgan fingerprint density at radius 2 is 1.51 bits per heavy atom. The summed E-state index contributed by atoms with van der Waals surface area (Å²) < 4.78 is 56.2. The Bertz CT molecular complexity index is 1230. The predicted octanol–water partition coefficient (Wildman–Crippen LogP) is 10.2. The van der Waals surface area contributed by atoms with E-state index in [1.807, 2.05) is 19.1 Å². The first-order chi connectivity index (χ1) is 19.0. The number of ether oxygens (including phenoxy) is 2. The lowest BCUT2D eigenvalue weighted by molar-refractivity contribution is -0.00538. The van der Waals surface area contributed by atoms with Crippen molar-refractivity contribution in [2.45, 2.75) is 71.3 Å². The van der Waals surface area contributed by atoms with Crippen LogP contribution in [0.25, 0.3) is 22.3 Å². The van der Waals surface area contributed by atoms with Gasteiger partial charge in [-0.1, -0.05) is 87.6 Å². The van der Waals surface area contributed by atoms with Gasteiger partial charge in [0.15, 0.2) is 11.6 Å². The van der Waals surface area contributed by atoms with Gasteiger partial charge in [0.05, 0.1) is 19.3 Å². The number of hydrogen-bond acceptors (Lipinski definition) is 2. The maximum atomic E-state index is 15.1. The lowest BCUT2D eigenvalue weighted by Crippen LogP contribution is -2.19. The van der Waals surface area contributed by atoms with Crippen LogP contribution in [-0.4, -0.2) is 13.2 Å². The van der Waals surface area contributed by atoms with Gasteiger partial charge < -0.3 is 9.47 Å². The Morgan fingerprint density at radius 3 is 2.18 bits per heavy atom. The maximum absolute atomic E-state index is 15.1. The van der Waals surface area contributed by atoms with E-state index < -0.39 is 11.6 Å². The van der Waals surface area contributed by atoms with Crippen molar-refractivity contribution in [3.8, 4) is 28.0 Å². The first-order valence-corrected chi connectivity index (χ1v) is 14.3. The second-order valence-corrected chi connectivity index (χ2v) is 10.4. The predicted molar refractivity (Wildman–Crippen MR) is 152 cm³/mol. The molecule has 3 aromatic rings. The van der Waals surface area contributed by atoms with Crippen molar-refractivity contribution in [2.75, 3.05) is 13.2 Å². The summed E-state index contributed by atoms with van der Waals surface area (Å²) in [5.41, 5.74) is 2.62. The molecular weight excluding hydrogens is 497 g/mol. The summed E-state index contributed by atoms with van der Waals surface area (Å²) in [6, 6.07) is 15.0. The van der Waals surface area contributed by atoms with Gasteiger partial charge in [0.1, 0.15) is 5.82 Å². The molecule has 0 aromatic heterocycles. The molecular formula is C34H39F3O2. The van der Waals surface area contributed by atoms with Crippen LogP contribution in [0.15, 0.2) is 66.7 Å². The van der Waals surface area contributed by atoms with Gasteiger partial charge in [0.2, 0.25) is 5.82 Å². The van der Waals surface area contributed by atoms with Crippen LogP contribution < -0.4 is 4.74 Å². The lowest BCUT2D eigenvalue weighted by Gasteiger charge is -2.28. The van der Waals surface area contributed by atoms with E-state index >= 15 is 4.39 Å². The van der Waals surface area contributed by atoms with E-state index in [2.05, 4.69) is 13.0 Å². The van der Waals surface area contributed by atoms with Crippen LogP contribution in [0.5, 0.6) is 5.75 Å².